The van der Waals surface area contributed by atoms with Crippen molar-refractivity contribution >= 4 is 49.8 Å². The van der Waals surface area contributed by atoms with E-state index in [1.165, 1.54) is 0 Å². The van der Waals surface area contributed by atoms with E-state index in [9.17, 15) is 4.79 Å². The first kappa shape index (κ1) is 19.3. The molecule has 0 N–H and O–H groups in total. The van der Waals surface area contributed by atoms with Gasteiger partial charge in [-0.2, -0.15) is 0 Å². The van der Waals surface area contributed by atoms with Crippen LogP contribution in [0.5, 0.6) is 0 Å². The van der Waals surface area contributed by atoms with Gasteiger partial charge in [0.25, 0.3) is 5.91 Å². The number of aromatic nitrogens is 4. The van der Waals surface area contributed by atoms with Crippen molar-refractivity contribution in [3.05, 3.63) is 60.4 Å². The van der Waals surface area contributed by atoms with E-state index in [0.29, 0.717) is 11.1 Å². The van der Waals surface area contributed by atoms with Crippen LogP contribution in [0.2, 0.25) is 0 Å². The van der Waals surface area contributed by atoms with Gasteiger partial charge in [0.15, 0.2) is 0 Å². The molecular formula is C25H23N5O. The minimum absolute atomic E-state index is 0.00281. The van der Waals surface area contributed by atoms with Gasteiger partial charge in [-0.05, 0) is 70.2 Å². The molecule has 2 aromatic carbocycles. The van der Waals surface area contributed by atoms with Gasteiger partial charge in [0.2, 0.25) is 0 Å². The van der Waals surface area contributed by atoms with Gasteiger partial charge < -0.3 is 4.90 Å². The Morgan fingerprint density at radius 2 is 1.29 bits per heavy atom. The maximum Gasteiger partial charge on any atom is 0.254 e. The minimum atomic E-state index is 0.00281. The van der Waals surface area contributed by atoms with Gasteiger partial charge in [0.05, 0.1) is 33.1 Å². The van der Waals surface area contributed by atoms with Crippen molar-refractivity contribution in [2.45, 2.75) is 39.8 Å². The lowest BCUT2D eigenvalue weighted by Gasteiger charge is -2.30. The second-order valence-electron chi connectivity index (χ2n) is 8.32. The fourth-order valence-electron chi connectivity index (χ4n) is 4.35. The smallest absolute Gasteiger partial charge is 0.254 e. The number of rotatable bonds is 3. The maximum atomic E-state index is 13.2. The number of pyridine rings is 2. The Balaban J connectivity index is 1.79. The van der Waals surface area contributed by atoms with Gasteiger partial charge in [-0.1, -0.05) is 0 Å². The summed E-state index contributed by atoms with van der Waals surface area (Å²) in [4.78, 5) is 34.0. The molecule has 154 valence electrons. The van der Waals surface area contributed by atoms with Crippen LogP contribution in [0.4, 0.5) is 0 Å². The second-order valence-corrected chi connectivity index (χ2v) is 8.32. The number of amides is 1. The van der Waals surface area contributed by atoms with Gasteiger partial charge in [-0.3, -0.25) is 14.8 Å². The number of carbonyl (C=O) groups is 1. The summed E-state index contributed by atoms with van der Waals surface area (Å²) in [7, 11) is 0. The predicted molar refractivity (Wildman–Crippen MR) is 124 cm³/mol. The van der Waals surface area contributed by atoms with Crippen LogP contribution in [0.1, 0.15) is 38.1 Å². The Morgan fingerprint density at radius 3 is 1.84 bits per heavy atom. The van der Waals surface area contributed by atoms with E-state index >= 15 is 0 Å². The van der Waals surface area contributed by atoms with Crippen molar-refractivity contribution in [3.8, 4) is 0 Å². The molecule has 5 rings (SSSR count). The first-order chi connectivity index (χ1) is 15.0. The van der Waals surface area contributed by atoms with Crippen molar-refractivity contribution in [1.82, 2.24) is 24.8 Å². The highest BCUT2D eigenvalue weighted by molar-refractivity contribution is 6.21. The molecule has 1 amide bonds. The molecule has 5 aromatic rings. The van der Waals surface area contributed by atoms with E-state index in [0.717, 1.165) is 38.4 Å². The Hall–Kier alpha value is -3.67. The molecule has 0 atom stereocenters. The topological polar surface area (TPSA) is 71.9 Å². The van der Waals surface area contributed by atoms with Gasteiger partial charge >= 0.3 is 0 Å². The molecule has 0 saturated carbocycles. The molecule has 3 heterocycles. The summed E-state index contributed by atoms with van der Waals surface area (Å²) in [5.74, 6) is 0.00281. The number of fused-ring (bicyclic) bond motifs is 7. The van der Waals surface area contributed by atoms with Gasteiger partial charge in [-0.25, -0.2) is 9.97 Å². The van der Waals surface area contributed by atoms with Gasteiger partial charge in [-0.15, -0.1) is 0 Å². The molecule has 0 aliphatic heterocycles. The zero-order valence-corrected chi connectivity index (χ0v) is 18.0. The van der Waals surface area contributed by atoms with Crippen LogP contribution in [-0.4, -0.2) is 42.8 Å². The van der Waals surface area contributed by atoms with E-state index in [4.69, 9.17) is 9.97 Å². The summed E-state index contributed by atoms with van der Waals surface area (Å²) < 4.78 is 0. The number of hydrogen-bond acceptors (Lipinski definition) is 5. The molecule has 0 unspecified atom stereocenters. The SMILES string of the molecule is CC(C)N(C(=O)c1ccc2nc3c4cccnc4c4ncccc4c3nc2c1)C(C)C. The molecule has 6 heteroatoms. The molecule has 0 radical (unpaired) electrons. The third-order valence-corrected chi connectivity index (χ3v) is 5.61. The number of hydrogen-bond donors (Lipinski definition) is 0. The van der Waals surface area contributed by atoms with Crippen molar-refractivity contribution in [2.24, 2.45) is 0 Å². The zero-order valence-electron chi connectivity index (χ0n) is 18.0. The van der Waals surface area contributed by atoms with Crippen molar-refractivity contribution < 1.29 is 4.79 Å². The third kappa shape index (κ3) is 3.06. The predicted octanol–water partition coefficient (Wildman–Crippen LogP) is 5.14. The largest absolute Gasteiger partial charge is 0.334 e. The highest BCUT2D eigenvalue weighted by Crippen LogP contribution is 2.32. The van der Waals surface area contributed by atoms with Crippen molar-refractivity contribution in [2.75, 3.05) is 0 Å². The summed E-state index contributed by atoms with van der Waals surface area (Å²) in [6.45, 7) is 8.13. The summed E-state index contributed by atoms with van der Waals surface area (Å²) in [6, 6.07) is 13.6. The minimum Gasteiger partial charge on any atom is -0.334 e. The molecule has 0 aliphatic carbocycles. The Morgan fingerprint density at radius 1 is 0.742 bits per heavy atom. The molecule has 0 spiro atoms. The van der Waals surface area contributed by atoms with Crippen LogP contribution < -0.4 is 0 Å². The lowest BCUT2D eigenvalue weighted by atomic mass is 10.1. The molecule has 6 nitrogen and oxygen atoms in total. The first-order valence-electron chi connectivity index (χ1n) is 10.5. The summed E-state index contributed by atoms with van der Waals surface area (Å²) in [5.41, 5.74) is 5.24. The van der Waals surface area contributed by atoms with Crippen LogP contribution in [0, 0.1) is 0 Å². The van der Waals surface area contributed by atoms with Crippen molar-refractivity contribution in [3.63, 3.8) is 0 Å². The highest BCUT2D eigenvalue weighted by atomic mass is 16.2. The van der Waals surface area contributed by atoms with Crippen molar-refractivity contribution in [1.29, 1.82) is 0 Å². The van der Waals surface area contributed by atoms with Crippen LogP contribution in [-0.2, 0) is 0 Å². The molecule has 0 fully saturated rings. The number of carbonyl (C=O) groups excluding carboxylic acids is 1. The first-order valence-corrected chi connectivity index (χ1v) is 10.5. The molecule has 31 heavy (non-hydrogen) atoms. The summed E-state index contributed by atoms with van der Waals surface area (Å²) in [6.07, 6.45) is 3.53. The van der Waals surface area contributed by atoms with Crippen LogP contribution >= 0.6 is 0 Å². The molecule has 0 bridgehead atoms. The Kier molecular flexibility index (Phi) is 4.50. The number of benzene rings is 2. The van der Waals surface area contributed by atoms with Gasteiger partial charge in [0, 0.05) is 40.8 Å². The number of nitrogens with zero attached hydrogens (tertiary/aromatic N) is 5. The molecule has 0 aliphatic rings. The Labute approximate surface area is 180 Å². The Bertz CT molecular complexity index is 1470. The molecule has 0 saturated heterocycles. The lowest BCUT2D eigenvalue weighted by Crippen LogP contribution is -2.42. The monoisotopic (exact) mass is 409 g/mol. The van der Waals surface area contributed by atoms with Gasteiger partial charge in [0.1, 0.15) is 0 Å². The molecule has 3 aromatic heterocycles. The van der Waals surface area contributed by atoms with E-state index in [1.54, 1.807) is 12.4 Å². The summed E-state index contributed by atoms with van der Waals surface area (Å²) >= 11 is 0. The van der Waals surface area contributed by atoms with E-state index in [1.807, 2.05) is 75.1 Å². The fourth-order valence-corrected chi connectivity index (χ4v) is 4.35. The van der Waals surface area contributed by atoms with Crippen LogP contribution in [0.15, 0.2) is 54.9 Å². The lowest BCUT2D eigenvalue weighted by molar-refractivity contribution is 0.0644. The van der Waals surface area contributed by atoms with Crippen LogP contribution in [0.25, 0.3) is 43.9 Å². The fraction of sp³-hybridized carbons (Fsp3) is 0.240. The van der Waals surface area contributed by atoms with E-state index in [2.05, 4.69) is 9.97 Å². The maximum absolute atomic E-state index is 13.2. The highest BCUT2D eigenvalue weighted by Gasteiger charge is 2.22. The third-order valence-electron chi connectivity index (χ3n) is 5.61. The van der Waals surface area contributed by atoms with E-state index in [-0.39, 0.29) is 18.0 Å². The quantitative estimate of drug-likeness (QED) is 0.305. The summed E-state index contributed by atoms with van der Waals surface area (Å²) in [5, 5.41) is 1.82. The average Bonchev–Trinajstić information content (AvgIpc) is 2.77. The van der Waals surface area contributed by atoms with E-state index < -0.39 is 0 Å². The normalized spacial score (nSPS) is 11.9. The molecular weight excluding hydrogens is 386 g/mol. The zero-order chi connectivity index (χ0) is 21.7. The second kappa shape index (κ2) is 7.23. The van der Waals surface area contributed by atoms with Crippen LogP contribution in [0.3, 0.4) is 0 Å². The average molecular weight is 409 g/mol. The standard InChI is InChI=1S/C25H23N5O/c1-14(2)30(15(3)4)25(31)16-9-10-19-20(13-16)29-24-18-8-6-12-27-22(18)21-17(23(24)28-19)7-5-11-26-21/h5-15H,1-4H3.